The first kappa shape index (κ1) is 25.1. The average Bonchev–Trinajstić information content (AvgIpc) is 2.87. The number of piperazine rings is 1. The molecular formula is C26H35N3O6. The number of nitrogens with zero attached hydrogens (tertiary/aromatic N) is 2. The molecule has 35 heavy (non-hydrogen) atoms. The lowest BCUT2D eigenvalue weighted by Gasteiger charge is -2.37. The smallest absolute Gasteiger partial charge is 0.238 e. The Balaban J connectivity index is 1.24. The molecule has 0 radical (unpaired) electrons. The number of nitrogens with one attached hydrogen (secondary N) is 1. The number of aliphatic hydroxyl groups excluding tert-OH is 1. The van der Waals surface area contributed by atoms with Crippen molar-refractivity contribution in [1.82, 2.24) is 9.80 Å². The van der Waals surface area contributed by atoms with Crippen LogP contribution in [0.5, 0.6) is 23.0 Å². The number of hydrogen-bond donors (Lipinski definition) is 2. The van der Waals surface area contributed by atoms with E-state index in [9.17, 15) is 9.90 Å². The van der Waals surface area contributed by atoms with Gasteiger partial charge < -0.3 is 29.4 Å². The first-order valence-electron chi connectivity index (χ1n) is 12.3. The summed E-state index contributed by atoms with van der Waals surface area (Å²) in [5.74, 6) is 2.46. The van der Waals surface area contributed by atoms with E-state index in [1.54, 1.807) is 0 Å². The summed E-state index contributed by atoms with van der Waals surface area (Å²) in [6, 6.07) is 13.0. The Morgan fingerprint density at radius 3 is 2.29 bits per heavy atom. The number of carbonyl (C=O) groups is 1. The molecule has 0 aliphatic carbocycles. The van der Waals surface area contributed by atoms with Gasteiger partial charge in [0.1, 0.15) is 29.9 Å². The molecule has 2 aromatic carbocycles. The van der Waals surface area contributed by atoms with E-state index in [0.29, 0.717) is 55.1 Å². The zero-order chi connectivity index (χ0) is 24.6. The zero-order valence-electron chi connectivity index (χ0n) is 20.4. The maximum absolute atomic E-state index is 12.8. The van der Waals surface area contributed by atoms with E-state index < -0.39 is 12.2 Å². The largest absolute Gasteiger partial charge is 0.492 e. The van der Waals surface area contributed by atoms with Crippen molar-refractivity contribution in [3.05, 3.63) is 42.5 Å². The van der Waals surface area contributed by atoms with Gasteiger partial charge in [0, 0.05) is 32.7 Å². The molecule has 4 rings (SSSR count). The normalized spacial score (nSPS) is 19.1. The summed E-state index contributed by atoms with van der Waals surface area (Å²) in [5, 5.41) is 13.7. The molecule has 2 unspecified atom stereocenters. The van der Waals surface area contributed by atoms with Crippen LogP contribution in [-0.2, 0) is 4.79 Å². The molecule has 2 aromatic rings. The van der Waals surface area contributed by atoms with Crippen LogP contribution in [0.25, 0.3) is 0 Å². The predicted octanol–water partition coefficient (Wildman–Crippen LogP) is 2.24. The van der Waals surface area contributed by atoms with Crippen molar-refractivity contribution in [2.75, 3.05) is 64.4 Å². The van der Waals surface area contributed by atoms with Gasteiger partial charge in [0.15, 0.2) is 17.6 Å². The highest BCUT2D eigenvalue weighted by atomic mass is 16.6. The van der Waals surface area contributed by atoms with E-state index in [1.165, 1.54) is 0 Å². The molecule has 1 amide bonds. The Morgan fingerprint density at radius 2 is 1.63 bits per heavy atom. The van der Waals surface area contributed by atoms with Gasteiger partial charge in [-0.1, -0.05) is 18.2 Å². The molecule has 1 saturated heterocycles. The number of ether oxygens (including phenoxy) is 4. The van der Waals surface area contributed by atoms with Gasteiger partial charge >= 0.3 is 0 Å². The molecular weight excluding hydrogens is 450 g/mol. The molecule has 190 valence electrons. The number of para-hydroxylation sites is 3. The van der Waals surface area contributed by atoms with Crippen LogP contribution >= 0.6 is 0 Å². The monoisotopic (exact) mass is 485 g/mol. The van der Waals surface area contributed by atoms with Gasteiger partial charge in [-0.15, -0.1) is 0 Å². The van der Waals surface area contributed by atoms with Crippen molar-refractivity contribution < 1.29 is 28.8 Å². The molecule has 0 saturated carbocycles. The van der Waals surface area contributed by atoms with Crippen LogP contribution in [-0.4, -0.2) is 92.1 Å². The van der Waals surface area contributed by atoms with E-state index in [-0.39, 0.29) is 12.5 Å². The summed E-state index contributed by atoms with van der Waals surface area (Å²) in [4.78, 5) is 17.1. The van der Waals surface area contributed by atoms with Crippen molar-refractivity contribution in [3.8, 4) is 23.0 Å². The van der Waals surface area contributed by atoms with Crippen molar-refractivity contribution in [2.45, 2.75) is 26.1 Å². The molecule has 1 fully saturated rings. The molecule has 2 aliphatic rings. The first-order valence-corrected chi connectivity index (χ1v) is 12.3. The van der Waals surface area contributed by atoms with Gasteiger partial charge in [-0.2, -0.15) is 0 Å². The maximum atomic E-state index is 12.8. The summed E-state index contributed by atoms with van der Waals surface area (Å²) in [6.07, 6.45) is -1.07. The molecule has 9 nitrogen and oxygen atoms in total. The molecule has 0 spiro atoms. The summed E-state index contributed by atoms with van der Waals surface area (Å²) in [5.41, 5.74) is 0.569. The Hall–Kier alpha value is -3.01. The Kier molecular flexibility index (Phi) is 8.68. The summed E-state index contributed by atoms with van der Waals surface area (Å²) in [6.45, 7) is 8.88. The summed E-state index contributed by atoms with van der Waals surface area (Å²) in [7, 11) is 0. The fourth-order valence-corrected chi connectivity index (χ4v) is 4.31. The molecule has 0 bridgehead atoms. The first-order chi connectivity index (χ1) is 17.1. The zero-order valence-corrected chi connectivity index (χ0v) is 20.4. The number of carbonyl (C=O) groups excluding carboxylic acids is 1. The van der Waals surface area contributed by atoms with Gasteiger partial charge in [0.2, 0.25) is 5.91 Å². The fourth-order valence-electron chi connectivity index (χ4n) is 4.31. The minimum Gasteiger partial charge on any atom is -0.492 e. The van der Waals surface area contributed by atoms with Crippen molar-refractivity contribution >= 4 is 11.6 Å². The van der Waals surface area contributed by atoms with E-state index in [2.05, 4.69) is 15.1 Å². The number of aliphatic hydroxyl groups is 1. The van der Waals surface area contributed by atoms with Crippen LogP contribution in [0.15, 0.2) is 42.5 Å². The number of β-amino-alcohol motifs (C(OH)–C–C–N with tert-alkyl or cyclic N) is 1. The average molecular weight is 486 g/mol. The van der Waals surface area contributed by atoms with Crippen molar-refractivity contribution in [1.29, 1.82) is 0 Å². The highest BCUT2D eigenvalue weighted by molar-refractivity contribution is 5.95. The van der Waals surface area contributed by atoms with Gasteiger partial charge in [0.25, 0.3) is 0 Å². The minimum atomic E-state index is -0.662. The van der Waals surface area contributed by atoms with Gasteiger partial charge in [-0.05, 0) is 38.1 Å². The number of anilines is 1. The molecule has 2 N–H and O–H groups in total. The van der Waals surface area contributed by atoms with E-state index in [4.69, 9.17) is 18.9 Å². The van der Waals surface area contributed by atoms with Crippen LogP contribution in [0.4, 0.5) is 5.69 Å². The lowest BCUT2D eigenvalue weighted by molar-refractivity contribution is -0.117. The number of fused-ring (bicyclic) bond motifs is 1. The van der Waals surface area contributed by atoms with Gasteiger partial charge in [-0.3, -0.25) is 14.6 Å². The summed E-state index contributed by atoms with van der Waals surface area (Å²) >= 11 is 0. The number of hydrogen-bond acceptors (Lipinski definition) is 8. The van der Waals surface area contributed by atoms with Gasteiger partial charge in [-0.25, -0.2) is 0 Å². The Labute approximate surface area is 206 Å². The van der Waals surface area contributed by atoms with E-state index >= 15 is 0 Å². The fraction of sp³-hybridized carbons (Fsp3) is 0.500. The van der Waals surface area contributed by atoms with Crippen LogP contribution in [0.3, 0.4) is 0 Å². The molecule has 2 aliphatic heterocycles. The number of rotatable bonds is 10. The third-order valence-electron chi connectivity index (χ3n) is 6.09. The Morgan fingerprint density at radius 1 is 1.00 bits per heavy atom. The van der Waals surface area contributed by atoms with Gasteiger partial charge in [0.05, 0.1) is 19.8 Å². The topological polar surface area (TPSA) is 92.7 Å². The lowest BCUT2D eigenvalue weighted by atomic mass is 10.1. The minimum absolute atomic E-state index is 0.113. The van der Waals surface area contributed by atoms with Crippen LogP contribution in [0, 0.1) is 0 Å². The SMILES string of the molecule is CCOc1cccc(OCC)c1NC(=O)CN1CCN(CC(O)C2COc3ccccc3O2)CC1. The van der Waals surface area contributed by atoms with E-state index in [1.807, 2.05) is 56.3 Å². The van der Waals surface area contributed by atoms with Crippen molar-refractivity contribution in [3.63, 3.8) is 0 Å². The second kappa shape index (κ2) is 12.1. The molecule has 9 heteroatoms. The molecule has 2 heterocycles. The second-order valence-corrected chi connectivity index (χ2v) is 8.60. The molecule has 0 aromatic heterocycles. The van der Waals surface area contributed by atoms with Crippen LogP contribution in [0.1, 0.15) is 13.8 Å². The number of benzene rings is 2. The highest BCUT2D eigenvalue weighted by Crippen LogP contribution is 2.35. The highest BCUT2D eigenvalue weighted by Gasteiger charge is 2.30. The molecule has 2 atom stereocenters. The van der Waals surface area contributed by atoms with Crippen LogP contribution < -0.4 is 24.3 Å². The standard InChI is InChI=1S/C26H35N3O6/c1-3-32-22-10-7-11-23(33-4-2)26(22)27-25(31)17-29-14-12-28(13-15-29)16-19(30)24-18-34-20-8-5-6-9-21(20)35-24/h5-11,19,24,30H,3-4,12-18H2,1-2H3,(H,27,31). The maximum Gasteiger partial charge on any atom is 0.238 e. The summed E-state index contributed by atoms with van der Waals surface area (Å²) < 4.78 is 23.0. The van der Waals surface area contributed by atoms with Crippen molar-refractivity contribution in [2.24, 2.45) is 0 Å². The predicted molar refractivity (Wildman–Crippen MR) is 133 cm³/mol. The van der Waals surface area contributed by atoms with E-state index in [0.717, 1.165) is 26.2 Å². The Bertz CT molecular complexity index is 955. The number of amides is 1. The lowest BCUT2D eigenvalue weighted by Crippen LogP contribution is -2.53. The second-order valence-electron chi connectivity index (χ2n) is 8.60. The van der Waals surface area contributed by atoms with Crippen LogP contribution in [0.2, 0.25) is 0 Å². The third kappa shape index (κ3) is 6.56. The quantitative estimate of drug-likeness (QED) is 0.530. The third-order valence-corrected chi connectivity index (χ3v) is 6.09.